The summed E-state index contributed by atoms with van der Waals surface area (Å²) in [5.74, 6) is 0. The zero-order valence-electron chi connectivity index (χ0n) is 7.58. The summed E-state index contributed by atoms with van der Waals surface area (Å²) in [5, 5.41) is 12.7. The van der Waals surface area contributed by atoms with Gasteiger partial charge in [0.15, 0.2) is 0 Å². The minimum atomic E-state index is -0.721. The Balaban J connectivity index is 2.29. The minimum absolute atomic E-state index is 0.655. The average Bonchev–Trinajstić information content (AvgIpc) is 2.65. The van der Waals surface area contributed by atoms with Crippen molar-refractivity contribution in [3.63, 3.8) is 0 Å². The molecule has 0 spiro atoms. The summed E-state index contributed by atoms with van der Waals surface area (Å²) < 4.78 is 0. The molecule has 4 nitrogen and oxygen atoms in total. The molecule has 0 amide bonds. The monoisotopic (exact) mass is 207 g/mol. The molecule has 72 valence electrons. The largest absolute Gasteiger partial charge is 0.382 e. The summed E-state index contributed by atoms with van der Waals surface area (Å²) >= 11 is 1.52. The van der Waals surface area contributed by atoms with E-state index in [2.05, 4.69) is 15.0 Å². The number of rotatable bonds is 2. The molecule has 0 aliphatic rings. The lowest BCUT2D eigenvalue weighted by Crippen LogP contribution is -2.01. The molecule has 2 aromatic heterocycles. The van der Waals surface area contributed by atoms with Gasteiger partial charge in [0.1, 0.15) is 12.4 Å². The number of aliphatic hydroxyl groups excluding tert-OH is 1. The number of aliphatic hydroxyl groups is 1. The fraction of sp³-hybridized carbons (Fsp3) is 0.222. The standard InChI is InChI=1S/C9H9N3OS/c1-6-12-8(4-14-6)9(13)7-2-10-5-11-3-7/h2-5,9,13H,1H3. The molecule has 0 fully saturated rings. The Kier molecular flexibility index (Phi) is 2.51. The molecule has 0 saturated heterocycles. The SMILES string of the molecule is Cc1nc(C(O)c2cncnc2)cs1. The van der Waals surface area contributed by atoms with E-state index in [1.54, 1.807) is 12.4 Å². The average molecular weight is 207 g/mol. The molecular weight excluding hydrogens is 198 g/mol. The van der Waals surface area contributed by atoms with Crippen LogP contribution in [0.1, 0.15) is 22.4 Å². The Hall–Kier alpha value is -1.33. The van der Waals surface area contributed by atoms with Crippen LogP contribution >= 0.6 is 11.3 Å². The van der Waals surface area contributed by atoms with Gasteiger partial charge in [-0.25, -0.2) is 15.0 Å². The van der Waals surface area contributed by atoms with E-state index in [4.69, 9.17) is 0 Å². The smallest absolute Gasteiger partial charge is 0.125 e. The fourth-order valence-electron chi connectivity index (χ4n) is 1.13. The summed E-state index contributed by atoms with van der Waals surface area (Å²) in [6.07, 6.45) is 3.89. The second kappa shape index (κ2) is 3.81. The maximum Gasteiger partial charge on any atom is 0.125 e. The molecule has 1 atom stereocenters. The van der Waals surface area contributed by atoms with Gasteiger partial charge in [-0.1, -0.05) is 0 Å². The lowest BCUT2D eigenvalue weighted by molar-refractivity contribution is 0.215. The van der Waals surface area contributed by atoms with Gasteiger partial charge in [-0.15, -0.1) is 11.3 Å². The molecule has 2 heterocycles. The van der Waals surface area contributed by atoms with Crippen LogP contribution in [0, 0.1) is 6.92 Å². The molecule has 1 unspecified atom stereocenters. The molecule has 0 saturated carbocycles. The molecule has 2 aromatic rings. The maximum atomic E-state index is 9.87. The van der Waals surface area contributed by atoms with E-state index in [9.17, 15) is 5.11 Å². The van der Waals surface area contributed by atoms with Crippen molar-refractivity contribution in [1.29, 1.82) is 0 Å². The highest BCUT2D eigenvalue weighted by molar-refractivity contribution is 7.09. The van der Waals surface area contributed by atoms with Gasteiger partial charge in [-0.2, -0.15) is 0 Å². The highest BCUT2D eigenvalue weighted by atomic mass is 32.1. The highest BCUT2D eigenvalue weighted by Crippen LogP contribution is 2.21. The van der Waals surface area contributed by atoms with E-state index in [1.165, 1.54) is 17.7 Å². The summed E-state index contributed by atoms with van der Waals surface area (Å²) in [7, 11) is 0. The van der Waals surface area contributed by atoms with Crippen LogP contribution in [0.5, 0.6) is 0 Å². The number of thiazole rings is 1. The zero-order chi connectivity index (χ0) is 9.97. The predicted molar refractivity (Wildman–Crippen MR) is 52.9 cm³/mol. The van der Waals surface area contributed by atoms with Crippen molar-refractivity contribution in [1.82, 2.24) is 15.0 Å². The molecule has 2 rings (SSSR count). The van der Waals surface area contributed by atoms with Gasteiger partial charge in [0.05, 0.1) is 10.7 Å². The van der Waals surface area contributed by atoms with Crippen LogP contribution < -0.4 is 0 Å². The number of nitrogens with zero attached hydrogens (tertiary/aromatic N) is 3. The molecule has 5 heteroatoms. The van der Waals surface area contributed by atoms with Crippen molar-refractivity contribution in [2.75, 3.05) is 0 Å². The predicted octanol–water partition coefficient (Wildman–Crippen LogP) is 1.32. The third-order valence-corrected chi connectivity index (χ3v) is 2.60. The summed E-state index contributed by atoms with van der Waals surface area (Å²) in [5.41, 5.74) is 1.32. The van der Waals surface area contributed by atoms with E-state index >= 15 is 0 Å². The van der Waals surface area contributed by atoms with Crippen molar-refractivity contribution in [3.8, 4) is 0 Å². The summed E-state index contributed by atoms with van der Waals surface area (Å²) in [6.45, 7) is 1.91. The van der Waals surface area contributed by atoms with Gasteiger partial charge in [-0.3, -0.25) is 0 Å². The third-order valence-electron chi connectivity index (χ3n) is 1.81. The molecule has 0 aliphatic heterocycles. The van der Waals surface area contributed by atoms with Crippen LogP contribution in [0.25, 0.3) is 0 Å². The van der Waals surface area contributed by atoms with Crippen LogP contribution in [0.15, 0.2) is 24.1 Å². The first kappa shape index (κ1) is 9.23. The van der Waals surface area contributed by atoms with Gasteiger partial charge >= 0.3 is 0 Å². The second-order valence-electron chi connectivity index (χ2n) is 2.87. The minimum Gasteiger partial charge on any atom is -0.382 e. The van der Waals surface area contributed by atoms with Crippen LogP contribution in [0.3, 0.4) is 0 Å². The van der Waals surface area contributed by atoms with Crippen molar-refractivity contribution in [2.45, 2.75) is 13.0 Å². The quantitative estimate of drug-likeness (QED) is 0.807. The first-order valence-corrected chi connectivity index (χ1v) is 5.00. The maximum absolute atomic E-state index is 9.87. The second-order valence-corrected chi connectivity index (χ2v) is 3.93. The molecule has 0 aliphatic carbocycles. The summed E-state index contributed by atoms with van der Waals surface area (Å²) in [4.78, 5) is 11.9. The van der Waals surface area contributed by atoms with Crippen LogP contribution in [-0.2, 0) is 0 Å². The molecule has 1 N–H and O–H groups in total. The Labute approximate surface area is 85.3 Å². The molecule has 0 aromatic carbocycles. The Bertz CT molecular complexity index is 415. The molecular formula is C9H9N3OS. The molecule has 14 heavy (non-hydrogen) atoms. The third kappa shape index (κ3) is 1.78. The van der Waals surface area contributed by atoms with E-state index in [0.717, 1.165) is 5.01 Å². The Morgan fingerprint density at radius 1 is 1.36 bits per heavy atom. The fourth-order valence-corrected chi connectivity index (χ4v) is 1.76. The van der Waals surface area contributed by atoms with Gasteiger partial charge in [0.2, 0.25) is 0 Å². The van der Waals surface area contributed by atoms with Crippen molar-refractivity contribution >= 4 is 11.3 Å². The Morgan fingerprint density at radius 2 is 2.07 bits per heavy atom. The number of hydrogen-bond donors (Lipinski definition) is 1. The van der Waals surface area contributed by atoms with Crippen LogP contribution in [0.4, 0.5) is 0 Å². The normalized spacial score (nSPS) is 12.7. The Morgan fingerprint density at radius 3 is 2.64 bits per heavy atom. The topological polar surface area (TPSA) is 58.9 Å². The first-order chi connectivity index (χ1) is 6.77. The van der Waals surface area contributed by atoms with E-state index in [-0.39, 0.29) is 0 Å². The lowest BCUT2D eigenvalue weighted by Gasteiger charge is -2.05. The van der Waals surface area contributed by atoms with Crippen molar-refractivity contribution in [2.24, 2.45) is 0 Å². The highest BCUT2D eigenvalue weighted by Gasteiger charge is 2.13. The van der Waals surface area contributed by atoms with Crippen LogP contribution in [0.2, 0.25) is 0 Å². The number of aryl methyl sites for hydroxylation is 1. The summed E-state index contributed by atoms with van der Waals surface area (Å²) in [6, 6.07) is 0. The van der Waals surface area contributed by atoms with E-state index in [0.29, 0.717) is 11.3 Å². The number of aromatic nitrogens is 3. The molecule has 0 radical (unpaired) electrons. The zero-order valence-corrected chi connectivity index (χ0v) is 8.40. The van der Waals surface area contributed by atoms with Gasteiger partial charge in [0.25, 0.3) is 0 Å². The van der Waals surface area contributed by atoms with Gasteiger partial charge < -0.3 is 5.11 Å². The molecule has 0 bridgehead atoms. The van der Waals surface area contributed by atoms with Gasteiger partial charge in [-0.05, 0) is 6.92 Å². The van der Waals surface area contributed by atoms with Crippen molar-refractivity contribution < 1.29 is 5.11 Å². The van der Waals surface area contributed by atoms with E-state index in [1.807, 2.05) is 12.3 Å². The first-order valence-electron chi connectivity index (χ1n) is 4.12. The van der Waals surface area contributed by atoms with E-state index < -0.39 is 6.10 Å². The van der Waals surface area contributed by atoms with Gasteiger partial charge in [0, 0.05) is 23.3 Å². The number of hydrogen-bond acceptors (Lipinski definition) is 5. The van der Waals surface area contributed by atoms with Crippen LogP contribution in [-0.4, -0.2) is 20.1 Å². The van der Waals surface area contributed by atoms with Crippen molar-refractivity contribution in [3.05, 3.63) is 40.4 Å². The lowest BCUT2D eigenvalue weighted by atomic mass is 10.1.